The zero-order valence-corrected chi connectivity index (χ0v) is 22.0. The van der Waals surface area contributed by atoms with E-state index >= 15 is 0 Å². The van der Waals surface area contributed by atoms with E-state index in [0.717, 1.165) is 39.2 Å². The van der Waals surface area contributed by atoms with Crippen molar-refractivity contribution in [3.05, 3.63) is 54.2 Å². The highest BCUT2D eigenvalue weighted by Crippen LogP contribution is 2.33. The Labute approximate surface area is 211 Å². The number of pyridine rings is 3. The van der Waals surface area contributed by atoms with E-state index in [9.17, 15) is 8.42 Å². The van der Waals surface area contributed by atoms with Crippen LogP contribution < -0.4 is 9.64 Å². The van der Waals surface area contributed by atoms with Crippen molar-refractivity contribution >= 4 is 26.4 Å². The molecule has 5 rings (SSSR count). The average molecular weight is 507 g/mol. The molecule has 0 unspecified atom stereocenters. The molecule has 4 aromatic rings. The molecule has 1 fully saturated rings. The second-order valence-electron chi connectivity index (χ2n) is 9.78. The number of ether oxygens (including phenoxy) is 1. The number of methoxy groups -OCH3 is 1. The summed E-state index contributed by atoms with van der Waals surface area (Å²) < 4.78 is 30.8. The van der Waals surface area contributed by atoms with Gasteiger partial charge in [-0.05, 0) is 31.0 Å². The zero-order valence-electron chi connectivity index (χ0n) is 21.1. The maximum absolute atomic E-state index is 11.7. The molecule has 0 aliphatic carbocycles. The first-order chi connectivity index (χ1) is 17.1. The van der Waals surface area contributed by atoms with Crippen LogP contribution in [-0.2, 0) is 9.84 Å². The van der Waals surface area contributed by atoms with Crippen LogP contribution >= 0.6 is 0 Å². The fraction of sp³-hybridized carbons (Fsp3) is 0.385. The van der Waals surface area contributed by atoms with Crippen LogP contribution in [0.15, 0.2) is 42.9 Å². The van der Waals surface area contributed by atoms with E-state index in [1.54, 1.807) is 19.5 Å². The first kappa shape index (κ1) is 24.2. The number of aromatic nitrogens is 5. The van der Waals surface area contributed by atoms with Gasteiger partial charge < -0.3 is 9.64 Å². The van der Waals surface area contributed by atoms with Crippen molar-refractivity contribution in [2.24, 2.45) is 5.92 Å². The fourth-order valence-corrected chi connectivity index (χ4v) is 5.74. The van der Waals surface area contributed by atoms with Gasteiger partial charge in [0.15, 0.2) is 5.82 Å². The van der Waals surface area contributed by atoms with Gasteiger partial charge in [-0.2, -0.15) is 5.10 Å². The topological polar surface area (TPSA) is 103 Å². The minimum absolute atomic E-state index is 0.149. The number of anilines is 1. The van der Waals surface area contributed by atoms with Crippen LogP contribution in [0.4, 0.5) is 5.69 Å². The predicted octanol–water partition coefficient (Wildman–Crippen LogP) is 3.80. The third kappa shape index (κ3) is 4.65. The Kier molecular flexibility index (Phi) is 6.15. The number of rotatable bonds is 7. The Hall–Kier alpha value is -3.53. The highest BCUT2D eigenvalue weighted by Gasteiger charge is 2.30. The molecule has 0 amide bonds. The number of aryl methyl sites for hydroxylation is 1. The van der Waals surface area contributed by atoms with Gasteiger partial charge in [0.25, 0.3) is 0 Å². The molecule has 1 aliphatic heterocycles. The van der Waals surface area contributed by atoms with E-state index < -0.39 is 9.84 Å². The summed E-state index contributed by atoms with van der Waals surface area (Å²) in [6.07, 6.45) is 6.56. The second-order valence-corrected chi connectivity index (χ2v) is 12.0. The van der Waals surface area contributed by atoms with Crippen LogP contribution in [0.2, 0.25) is 0 Å². The van der Waals surface area contributed by atoms with Gasteiger partial charge in [0, 0.05) is 66.2 Å². The molecule has 0 atom stereocenters. The molecule has 1 saturated heterocycles. The average Bonchev–Trinajstić information content (AvgIpc) is 3.25. The summed E-state index contributed by atoms with van der Waals surface area (Å²) in [6, 6.07) is 7.92. The third-order valence-corrected chi connectivity index (χ3v) is 7.60. The summed E-state index contributed by atoms with van der Waals surface area (Å²) in [7, 11) is -1.36. The van der Waals surface area contributed by atoms with Crippen LogP contribution in [0.5, 0.6) is 5.75 Å². The van der Waals surface area contributed by atoms with E-state index in [2.05, 4.69) is 34.9 Å². The van der Waals surface area contributed by atoms with Gasteiger partial charge >= 0.3 is 0 Å². The Morgan fingerprint density at radius 1 is 1.14 bits per heavy atom. The second kappa shape index (κ2) is 9.16. The van der Waals surface area contributed by atoms with Gasteiger partial charge in [-0.25, -0.2) is 18.1 Å². The summed E-state index contributed by atoms with van der Waals surface area (Å²) in [6.45, 7) is 7.61. The largest absolute Gasteiger partial charge is 0.496 e. The molecule has 5 heterocycles. The third-order valence-electron chi connectivity index (χ3n) is 6.52. The van der Waals surface area contributed by atoms with Gasteiger partial charge in [-0.15, -0.1) is 0 Å². The Balaban J connectivity index is 1.57. The SMILES string of the molecule is COc1ccncc1-c1cc2c(cnn2-c2cc(N3CC(CS(C)(=O)=O)C3)cc(C(C)C)n2)c(C)n1. The fourth-order valence-electron chi connectivity index (χ4n) is 4.67. The number of fused-ring (bicyclic) bond motifs is 1. The molecule has 4 aromatic heterocycles. The van der Waals surface area contributed by atoms with E-state index in [1.165, 1.54) is 6.26 Å². The Morgan fingerprint density at radius 2 is 1.92 bits per heavy atom. The van der Waals surface area contributed by atoms with Gasteiger partial charge in [0.2, 0.25) is 0 Å². The molecule has 188 valence electrons. The highest BCUT2D eigenvalue weighted by molar-refractivity contribution is 7.90. The molecule has 0 N–H and O–H groups in total. The molecule has 0 radical (unpaired) electrons. The smallest absolute Gasteiger partial charge is 0.156 e. The standard InChI is InChI=1S/C26H30N6O3S/c1-16(2)22-8-19(31-13-18(14-31)15-36(5,33)34)9-26(30-22)32-24-10-23(29-17(3)20(24)12-28-32)21-11-27-7-6-25(21)35-4/h6-12,16,18H,13-15H2,1-5H3. The highest BCUT2D eigenvalue weighted by atomic mass is 32.2. The maximum atomic E-state index is 11.7. The quantitative estimate of drug-likeness (QED) is 0.373. The lowest BCUT2D eigenvalue weighted by atomic mass is 10.0. The number of hydrogen-bond acceptors (Lipinski definition) is 8. The van der Waals surface area contributed by atoms with Crippen molar-refractivity contribution in [1.29, 1.82) is 0 Å². The van der Waals surface area contributed by atoms with Crippen molar-refractivity contribution in [1.82, 2.24) is 24.7 Å². The summed E-state index contributed by atoms with van der Waals surface area (Å²) in [4.78, 5) is 16.2. The van der Waals surface area contributed by atoms with Crippen molar-refractivity contribution in [2.45, 2.75) is 26.7 Å². The summed E-state index contributed by atoms with van der Waals surface area (Å²) in [5.41, 5.74) is 5.28. The van der Waals surface area contributed by atoms with E-state index in [4.69, 9.17) is 14.7 Å². The van der Waals surface area contributed by atoms with Gasteiger partial charge in [-0.1, -0.05) is 13.8 Å². The predicted molar refractivity (Wildman–Crippen MR) is 141 cm³/mol. The van der Waals surface area contributed by atoms with Crippen molar-refractivity contribution < 1.29 is 13.2 Å². The first-order valence-corrected chi connectivity index (χ1v) is 14.0. The van der Waals surface area contributed by atoms with Crippen LogP contribution in [0.1, 0.15) is 31.2 Å². The monoisotopic (exact) mass is 506 g/mol. The minimum Gasteiger partial charge on any atom is -0.496 e. The molecule has 9 nitrogen and oxygen atoms in total. The van der Waals surface area contributed by atoms with Crippen LogP contribution in [0, 0.1) is 12.8 Å². The Morgan fingerprint density at radius 3 is 2.61 bits per heavy atom. The number of hydrogen-bond donors (Lipinski definition) is 0. The van der Waals surface area contributed by atoms with E-state index in [-0.39, 0.29) is 17.6 Å². The van der Waals surface area contributed by atoms with Crippen molar-refractivity contribution in [2.75, 3.05) is 37.1 Å². The van der Waals surface area contributed by atoms with Crippen molar-refractivity contribution in [3.8, 4) is 22.8 Å². The van der Waals surface area contributed by atoms with Crippen molar-refractivity contribution in [3.63, 3.8) is 0 Å². The maximum Gasteiger partial charge on any atom is 0.156 e. The van der Waals surface area contributed by atoms with Gasteiger partial charge in [-0.3, -0.25) is 9.97 Å². The molecule has 36 heavy (non-hydrogen) atoms. The first-order valence-electron chi connectivity index (χ1n) is 11.9. The van der Waals surface area contributed by atoms with Crippen LogP contribution in [0.3, 0.4) is 0 Å². The molecule has 0 bridgehead atoms. The minimum atomic E-state index is -2.99. The van der Waals surface area contributed by atoms with E-state index in [1.807, 2.05) is 36.0 Å². The molecule has 0 spiro atoms. The van der Waals surface area contributed by atoms with Gasteiger partial charge in [0.1, 0.15) is 15.6 Å². The number of nitrogens with zero attached hydrogens (tertiary/aromatic N) is 6. The lowest BCUT2D eigenvalue weighted by Gasteiger charge is -2.41. The molecule has 0 saturated carbocycles. The number of sulfone groups is 1. The van der Waals surface area contributed by atoms with Gasteiger partial charge in [0.05, 0.1) is 35.8 Å². The molecule has 10 heteroatoms. The van der Waals surface area contributed by atoms with Crippen LogP contribution in [0.25, 0.3) is 28.0 Å². The molecular weight excluding hydrogens is 476 g/mol. The lowest BCUT2D eigenvalue weighted by molar-refractivity contribution is 0.416. The summed E-state index contributed by atoms with van der Waals surface area (Å²) in [5.74, 6) is 2.00. The van der Waals surface area contributed by atoms with E-state index in [0.29, 0.717) is 24.7 Å². The normalized spacial score (nSPS) is 14.4. The molecule has 0 aromatic carbocycles. The summed E-state index contributed by atoms with van der Waals surface area (Å²) >= 11 is 0. The molecule has 1 aliphatic rings. The lowest BCUT2D eigenvalue weighted by Crippen LogP contribution is -2.49. The summed E-state index contributed by atoms with van der Waals surface area (Å²) in [5, 5.41) is 5.62. The molecular formula is C26H30N6O3S. The van der Waals surface area contributed by atoms with Crippen LogP contribution in [-0.4, -0.2) is 65.4 Å². The Bertz CT molecular complexity index is 1540. The zero-order chi connectivity index (χ0) is 25.6.